The molecule has 120 valence electrons. The maximum Gasteiger partial charge on any atom is 0.288 e. The summed E-state index contributed by atoms with van der Waals surface area (Å²) in [6.07, 6.45) is 0.745. The molecule has 0 radical (unpaired) electrons. The van der Waals surface area contributed by atoms with Crippen molar-refractivity contribution in [1.82, 2.24) is 4.90 Å². The van der Waals surface area contributed by atoms with Crippen molar-refractivity contribution in [2.45, 2.75) is 44.4 Å². The molecule has 0 heterocycles. The van der Waals surface area contributed by atoms with Crippen LogP contribution in [-0.4, -0.2) is 35.5 Å². The lowest BCUT2D eigenvalue weighted by Crippen LogP contribution is -2.33. The summed E-state index contributed by atoms with van der Waals surface area (Å²) in [4.78, 5) is 2.89. The van der Waals surface area contributed by atoms with Crippen molar-refractivity contribution >= 4 is 11.8 Å². The summed E-state index contributed by atoms with van der Waals surface area (Å²) in [5, 5.41) is 9.00. The average molecular weight is 317 g/mol. The summed E-state index contributed by atoms with van der Waals surface area (Å²) >= 11 is 0.570. The zero-order chi connectivity index (χ0) is 15.9. The van der Waals surface area contributed by atoms with E-state index in [1.807, 2.05) is 12.1 Å². The zero-order valence-electron chi connectivity index (χ0n) is 13.0. The zero-order valence-corrected chi connectivity index (χ0v) is 13.8. The SMILES string of the molecule is CC(C)(C)CN(CCCO)Cc1ccc(SC(F)F)cc1. The molecule has 0 bridgehead atoms. The van der Waals surface area contributed by atoms with E-state index in [9.17, 15) is 8.78 Å². The van der Waals surface area contributed by atoms with Crippen molar-refractivity contribution in [3.05, 3.63) is 29.8 Å². The van der Waals surface area contributed by atoms with Gasteiger partial charge >= 0.3 is 0 Å². The molecule has 5 heteroatoms. The molecule has 21 heavy (non-hydrogen) atoms. The summed E-state index contributed by atoms with van der Waals surface area (Å²) in [7, 11) is 0. The standard InChI is InChI=1S/C16H25F2NOS/c1-16(2,3)12-19(9-4-10-20)11-13-5-7-14(8-6-13)21-15(17)18/h5-8,15,20H,4,9-12H2,1-3H3. The van der Waals surface area contributed by atoms with Gasteiger partial charge < -0.3 is 5.11 Å². The Balaban J connectivity index is 2.64. The molecule has 1 rings (SSSR count). The Kier molecular flexibility index (Phi) is 7.63. The number of hydrogen-bond acceptors (Lipinski definition) is 3. The van der Waals surface area contributed by atoms with Gasteiger partial charge in [0.1, 0.15) is 0 Å². The fourth-order valence-electron chi connectivity index (χ4n) is 2.21. The van der Waals surface area contributed by atoms with Gasteiger partial charge in [-0.3, -0.25) is 4.90 Å². The topological polar surface area (TPSA) is 23.5 Å². The molecule has 0 aromatic heterocycles. The van der Waals surface area contributed by atoms with Gasteiger partial charge in [-0.2, -0.15) is 8.78 Å². The predicted molar refractivity (Wildman–Crippen MR) is 84.7 cm³/mol. The fourth-order valence-corrected chi connectivity index (χ4v) is 2.71. The van der Waals surface area contributed by atoms with Crippen LogP contribution in [0.5, 0.6) is 0 Å². The third-order valence-corrected chi connectivity index (χ3v) is 3.61. The minimum Gasteiger partial charge on any atom is -0.396 e. The predicted octanol–water partition coefficient (Wildman–Crippen LogP) is 4.23. The second-order valence-corrected chi connectivity index (χ2v) is 7.43. The first-order chi connectivity index (χ1) is 9.80. The Hall–Kier alpha value is -0.650. The van der Waals surface area contributed by atoms with E-state index < -0.39 is 5.76 Å². The van der Waals surface area contributed by atoms with Crippen molar-refractivity contribution in [3.8, 4) is 0 Å². The molecule has 0 saturated heterocycles. The third kappa shape index (κ3) is 8.39. The van der Waals surface area contributed by atoms with Crippen molar-refractivity contribution in [2.75, 3.05) is 19.7 Å². The highest BCUT2D eigenvalue weighted by molar-refractivity contribution is 7.99. The van der Waals surface area contributed by atoms with E-state index in [4.69, 9.17) is 5.11 Å². The maximum atomic E-state index is 12.3. The van der Waals surface area contributed by atoms with Crippen LogP contribution < -0.4 is 0 Å². The van der Waals surface area contributed by atoms with Gasteiger partial charge in [0.15, 0.2) is 0 Å². The Morgan fingerprint density at radius 1 is 1.19 bits per heavy atom. The summed E-state index contributed by atoms with van der Waals surface area (Å²) in [6.45, 7) is 9.27. The molecule has 0 aliphatic heterocycles. The van der Waals surface area contributed by atoms with E-state index in [-0.39, 0.29) is 12.0 Å². The first kappa shape index (κ1) is 18.4. The quantitative estimate of drug-likeness (QED) is 0.726. The van der Waals surface area contributed by atoms with Gasteiger partial charge in [-0.1, -0.05) is 44.7 Å². The van der Waals surface area contributed by atoms with E-state index in [1.54, 1.807) is 12.1 Å². The first-order valence-corrected chi connectivity index (χ1v) is 8.05. The highest BCUT2D eigenvalue weighted by Crippen LogP contribution is 2.25. The first-order valence-electron chi connectivity index (χ1n) is 7.17. The molecule has 0 spiro atoms. The molecule has 0 amide bonds. The van der Waals surface area contributed by atoms with E-state index in [0.29, 0.717) is 16.7 Å². The van der Waals surface area contributed by atoms with Gasteiger partial charge in [0.05, 0.1) is 0 Å². The van der Waals surface area contributed by atoms with Crippen molar-refractivity contribution in [2.24, 2.45) is 5.41 Å². The van der Waals surface area contributed by atoms with Crippen molar-refractivity contribution in [3.63, 3.8) is 0 Å². The lowest BCUT2D eigenvalue weighted by Gasteiger charge is -2.30. The normalized spacial score (nSPS) is 12.4. The van der Waals surface area contributed by atoms with E-state index in [2.05, 4.69) is 25.7 Å². The second kappa shape index (κ2) is 8.71. The van der Waals surface area contributed by atoms with Gasteiger partial charge in [-0.15, -0.1) is 0 Å². The summed E-state index contributed by atoms with van der Waals surface area (Å²) in [6, 6.07) is 7.29. The number of rotatable bonds is 8. The van der Waals surface area contributed by atoms with Crippen molar-refractivity contribution in [1.29, 1.82) is 0 Å². The number of thioether (sulfide) groups is 1. The van der Waals surface area contributed by atoms with Crippen LogP contribution in [0.25, 0.3) is 0 Å². The minimum absolute atomic E-state index is 0.181. The number of hydrogen-bond donors (Lipinski definition) is 1. The van der Waals surface area contributed by atoms with Crippen LogP contribution in [0.3, 0.4) is 0 Å². The fraction of sp³-hybridized carbons (Fsp3) is 0.625. The average Bonchev–Trinajstić information content (AvgIpc) is 2.36. The monoisotopic (exact) mass is 317 g/mol. The highest BCUT2D eigenvalue weighted by Gasteiger charge is 2.16. The van der Waals surface area contributed by atoms with Crippen molar-refractivity contribution < 1.29 is 13.9 Å². The number of benzene rings is 1. The van der Waals surface area contributed by atoms with E-state index in [1.165, 1.54) is 0 Å². The lowest BCUT2D eigenvalue weighted by atomic mass is 9.95. The Bertz CT molecular complexity index is 404. The number of nitrogens with zero attached hydrogens (tertiary/aromatic N) is 1. The van der Waals surface area contributed by atoms with Gasteiger partial charge in [0, 0.05) is 31.1 Å². The van der Waals surface area contributed by atoms with Crippen LogP contribution in [-0.2, 0) is 6.54 Å². The van der Waals surface area contributed by atoms with Crippen LogP contribution in [0.2, 0.25) is 0 Å². The lowest BCUT2D eigenvalue weighted by molar-refractivity contribution is 0.166. The largest absolute Gasteiger partial charge is 0.396 e. The Labute approximate surface area is 130 Å². The maximum absolute atomic E-state index is 12.3. The molecule has 1 aromatic carbocycles. The molecular formula is C16H25F2NOS. The van der Waals surface area contributed by atoms with Crippen LogP contribution in [0.15, 0.2) is 29.2 Å². The molecule has 0 atom stereocenters. The number of aliphatic hydroxyl groups is 1. The Morgan fingerprint density at radius 3 is 2.29 bits per heavy atom. The van der Waals surface area contributed by atoms with Crippen LogP contribution in [0.1, 0.15) is 32.8 Å². The number of halogens is 2. The molecule has 1 aromatic rings. The molecule has 2 nitrogen and oxygen atoms in total. The van der Waals surface area contributed by atoms with Crippen LogP contribution in [0.4, 0.5) is 8.78 Å². The molecular weight excluding hydrogens is 292 g/mol. The molecule has 0 saturated carbocycles. The molecule has 1 N–H and O–H groups in total. The summed E-state index contributed by atoms with van der Waals surface area (Å²) in [5.41, 5.74) is 1.29. The second-order valence-electron chi connectivity index (χ2n) is 6.37. The van der Waals surface area contributed by atoms with Crippen LogP contribution >= 0.6 is 11.8 Å². The Morgan fingerprint density at radius 2 is 1.81 bits per heavy atom. The number of alkyl halides is 2. The van der Waals surface area contributed by atoms with E-state index >= 15 is 0 Å². The van der Waals surface area contributed by atoms with Crippen LogP contribution in [0, 0.1) is 5.41 Å². The summed E-state index contributed by atoms with van der Waals surface area (Å²) < 4.78 is 24.6. The molecule has 0 aliphatic carbocycles. The molecule has 0 unspecified atom stereocenters. The minimum atomic E-state index is -2.38. The number of aliphatic hydroxyl groups excluding tert-OH is 1. The van der Waals surface area contributed by atoms with Gasteiger partial charge in [0.2, 0.25) is 0 Å². The smallest absolute Gasteiger partial charge is 0.288 e. The van der Waals surface area contributed by atoms with Gasteiger partial charge in [0.25, 0.3) is 5.76 Å². The molecule has 0 fully saturated rings. The highest BCUT2D eigenvalue weighted by atomic mass is 32.2. The van der Waals surface area contributed by atoms with E-state index in [0.717, 1.165) is 31.6 Å². The summed E-state index contributed by atoms with van der Waals surface area (Å²) in [5.74, 6) is -2.38. The third-order valence-electron chi connectivity index (χ3n) is 2.89. The van der Waals surface area contributed by atoms with Gasteiger partial charge in [-0.05, 0) is 29.5 Å². The van der Waals surface area contributed by atoms with Gasteiger partial charge in [-0.25, -0.2) is 0 Å². The molecule has 0 aliphatic rings.